The van der Waals surface area contributed by atoms with Crippen molar-refractivity contribution in [2.45, 2.75) is 6.54 Å². The van der Waals surface area contributed by atoms with E-state index in [1.807, 2.05) is 47.2 Å². The Kier molecular flexibility index (Phi) is 2.99. The number of benzene rings is 2. The minimum Gasteiger partial charge on any atom is -0.494 e. The van der Waals surface area contributed by atoms with E-state index in [0.717, 1.165) is 14.3 Å². The summed E-state index contributed by atoms with van der Waals surface area (Å²) in [5, 5.41) is 12.3. The quantitative estimate of drug-likeness (QED) is 0.695. The number of nitrogens with zero attached hydrogens (tertiary/aromatic N) is 1. The van der Waals surface area contributed by atoms with Gasteiger partial charge in [0.15, 0.2) is 5.88 Å². The summed E-state index contributed by atoms with van der Waals surface area (Å²) in [6.45, 7) is 0.692. The molecule has 90 valence electrons. The van der Waals surface area contributed by atoms with Crippen LogP contribution in [0.4, 0.5) is 0 Å². The first kappa shape index (κ1) is 11.6. The number of hydrogen-bond donors (Lipinski definition) is 1. The molecule has 0 aliphatic carbocycles. The minimum atomic E-state index is 0.346. The number of rotatable bonds is 2. The summed E-state index contributed by atoms with van der Waals surface area (Å²) < 4.78 is 2.97. The van der Waals surface area contributed by atoms with Crippen LogP contribution in [0.5, 0.6) is 5.88 Å². The van der Waals surface area contributed by atoms with Crippen LogP contribution in [-0.4, -0.2) is 9.67 Å². The monoisotopic (exact) mass is 349 g/mol. The second-order valence-electron chi connectivity index (χ2n) is 4.27. The zero-order chi connectivity index (χ0) is 12.5. The molecule has 0 atom stereocenters. The lowest BCUT2D eigenvalue weighted by molar-refractivity contribution is 0.430. The van der Waals surface area contributed by atoms with Gasteiger partial charge < -0.3 is 9.67 Å². The summed E-state index contributed by atoms with van der Waals surface area (Å²) in [5.41, 5.74) is 1.18. The molecule has 0 saturated heterocycles. The molecule has 1 N–H and O–H groups in total. The third kappa shape index (κ3) is 1.99. The highest BCUT2D eigenvalue weighted by Crippen LogP contribution is 2.31. The van der Waals surface area contributed by atoms with Crippen molar-refractivity contribution in [3.05, 3.63) is 63.9 Å². The maximum atomic E-state index is 10.3. The molecule has 0 unspecified atom stereocenters. The van der Waals surface area contributed by atoms with E-state index in [4.69, 9.17) is 0 Å². The zero-order valence-corrected chi connectivity index (χ0v) is 11.8. The van der Waals surface area contributed by atoms with Crippen LogP contribution in [-0.2, 0) is 6.54 Å². The molecule has 0 radical (unpaired) electrons. The van der Waals surface area contributed by atoms with Crippen LogP contribution in [0.15, 0.2) is 54.7 Å². The number of aromatic nitrogens is 1. The topological polar surface area (TPSA) is 25.2 Å². The molecule has 18 heavy (non-hydrogen) atoms. The Morgan fingerprint density at radius 1 is 1.00 bits per heavy atom. The highest BCUT2D eigenvalue weighted by atomic mass is 127. The number of halogens is 1. The Bertz CT molecular complexity index is 688. The standard InChI is InChI=1S/C15H12INO/c16-13-8-4-7-12-10-17(15(18)14(12)13)9-11-5-2-1-3-6-11/h1-8,10,18H,9H2. The van der Waals surface area contributed by atoms with E-state index in [1.54, 1.807) is 0 Å². The molecule has 0 saturated carbocycles. The summed E-state index contributed by atoms with van der Waals surface area (Å²) in [4.78, 5) is 0. The Hall–Kier alpha value is -1.49. The third-order valence-electron chi connectivity index (χ3n) is 3.03. The van der Waals surface area contributed by atoms with Crippen molar-refractivity contribution in [2.24, 2.45) is 0 Å². The van der Waals surface area contributed by atoms with Gasteiger partial charge >= 0.3 is 0 Å². The highest BCUT2D eigenvalue weighted by Gasteiger charge is 2.10. The van der Waals surface area contributed by atoms with Crippen molar-refractivity contribution in [3.63, 3.8) is 0 Å². The second-order valence-corrected chi connectivity index (χ2v) is 5.43. The Balaban J connectivity index is 2.08. The molecule has 0 aliphatic rings. The van der Waals surface area contributed by atoms with Gasteiger partial charge in [-0.05, 0) is 34.2 Å². The lowest BCUT2D eigenvalue weighted by atomic mass is 10.2. The van der Waals surface area contributed by atoms with Crippen LogP contribution >= 0.6 is 22.6 Å². The summed E-state index contributed by atoms with van der Waals surface area (Å²) in [6.07, 6.45) is 2.00. The van der Waals surface area contributed by atoms with E-state index < -0.39 is 0 Å². The summed E-state index contributed by atoms with van der Waals surface area (Å²) >= 11 is 2.25. The maximum absolute atomic E-state index is 10.3. The van der Waals surface area contributed by atoms with Gasteiger partial charge in [0, 0.05) is 15.2 Å². The zero-order valence-electron chi connectivity index (χ0n) is 9.68. The molecule has 0 spiro atoms. The largest absolute Gasteiger partial charge is 0.494 e. The molecule has 0 fully saturated rings. The van der Waals surface area contributed by atoms with Gasteiger partial charge in [-0.2, -0.15) is 0 Å². The van der Waals surface area contributed by atoms with Crippen molar-refractivity contribution in [3.8, 4) is 5.88 Å². The third-order valence-corrected chi connectivity index (χ3v) is 3.93. The molecule has 3 aromatic rings. The van der Waals surface area contributed by atoms with Crippen LogP contribution in [0.3, 0.4) is 0 Å². The lowest BCUT2D eigenvalue weighted by Crippen LogP contribution is -1.96. The van der Waals surface area contributed by atoms with Crippen LogP contribution in [0.1, 0.15) is 5.56 Å². The molecular weight excluding hydrogens is 337 g/mol. The van der Waals surface area contributed by atoms with Crippen molar-refractivity contribution in [1.82, 2.24) is 4.57 Å². The molecule has 0 aliphatic heterocycles. The molecule has 0 amide bonds. The van der Waals surface area contributed by atoms with Gasteiger partial charge in [0.25, 0.3) is 0 Å². The molecular formula is C15H12INO. The fourth-order valence-electron chi connectivity index (χ4n) is 2.16. The van der Waals surface area contributed by atoms with E-state index in [9.17, 15) is 5.11 Å². The van der Waals surface area contributed by atoms with Crippen LogP contribution in [0.2, 0.25) is 0 Å². The van der Waals surface area contributed by atoms with Crippen molar-refractivity contribution >= 4 is 33.4 Å². The fraction of sp³-hybridized carbons (Fsp3) is 0.0667. The summed E-state index contributed by atoms with van der Waals surface area (Å²) in [7, 11) is 0. The number of hydrogen-bond acceptors (Lipinski definition) is 1. The van der Waals surface area contributed by atoms with Gasteiger partial charge in [-0.1, -0.05) is 42.5 Å². The normalized spacial score (nSPS) is 10.9. The second kappa shape index (κ2) is 4.65. The predicted octanol–water partition coefficient (Wildman–Crippen LogP) is 4.00. The maximum Gasteiger partial charge on any atom is 0.200 e. The van der Waals surface area contributed by atoms with Crippen LogP contribution < -0.4 is 0 Å². The Morgan fingerprint density at radius 3 is 2.50 bits per heavy atom. The van der Waals surface area contributed by atoms with E-state index in [-0.39, 0.29) is 0 Å². The molecule has 1 heterocycles. The van der Waals surface area contributed by atoms with Crippen LogP contribution in [0.25, 0.3) is 10.8 Å². The van der Waals surface area contributed by atoms with Gasteiger partial charge in [-0.3, -0.25) is 0 Å². The lowest BCUT2D eigenvalue weighted by Gasteiger charge is -2.04. The van der Waals surface area contributed by atoms with E-state index >= 15 is 0 Å². The average Bonchev–Trinajstić information content (AvgIpc) is 2.69. The van der Waals surface area contributed by atoms with Crippen molar-refractivity contribution < 1.29 is 5.11 Å². The highest BCUT2D eigenvalue weighted by molar-refractivity contribution is 14.1. The Morgan fingerprint density at radius 2 is 1.78 bits per heavy atom. The van der Waals surface area contributed by atoms with Gasteiger partial charge in [0.1, 0.15) is 0 Å². The van der Waals surface area contributed by atoms with Gasteiger partial charge in [-0.15, -0.1) is 0 Å². The van der Waals surface area contributed by atoms with E-state index in [2.05, 4.69) is 34.7 Å². The fourth-order valence-corrected chi connectivity index (χ4v) is 2.92. The SMILES string of the molecule is Oc1c2c(I)cccc2cn1Cc1ccccc1. The first-order valence-electron chi connectivity index (χ1n) is 5.76. The minimum absolute atomic E-state index is 0.346. The molecule has 2 nitrogen and oxygen atoms in total. The summed E-state index contributed by atoms with van der Waals surface area (Å²) in [6, 6.07) is 16.2. The van der Waals surface area contributed by atoms with Crippen molar-refractivity contribution in [2.75, 3.05) is 0 Å². The number of fused-ring (bicyclic) bond motifs is 1. The van der Waals surface area contributed by atoms with Crippen molar-refractivity contribution in [1.29, 1.82) is 0 Å². The van der Waals surface area contributed by atoms with E-state index in [0.29, 0.717) is 12.4 Å². The molecule has 0 bridgehead atoms. The molecule has 3 heteroatoms. The average molecular weight is 349 g/mol. The van der Waals surface area contributed by atoms with Gasteiger partial charge in [0.2, 0.25) is 0 Å². The smallest absolute Gasteiger partial charge is 0.200 e. The molecule has 2 aromatic carbocycles. The first-order chi connectivity index (χ1) is 8.75. The molecule has 3 rings (SSSR count). The van der Waals surface area contributed by atoms with Gasteiger partial charge in [-0.25, -0.2) is 0 Å². The Labute approximate surface area is 119 Å². The predicted molar refractivity (Wildman–Crippen MR) is 81.9 cm³/mol. The first-order valence-corrected chi connectivity index (χ1v) is 6.84. The van der Waals surface area contributed by atoms with Crippen LogP contribution in [0, 0.1) is 3.57 Å². The summed E-state index contributed by atoms with van der Waals surface area (Å²) in [5.74, 6) is 0.346. The van der Waals surface area contributed by atoms with E-state index in [1.165, 1.54) is 5.56 Å². The van der Waals surface area contributed by atoms with Gasteiger partial charge in [0.05, 0.1) is 11.9 Å². The number of aromatic hydroxyl groups is 1. The molecule has 1 aromatic heterocycles.